The van der Waals surface area contributed by atoms with E-state index in [2.05, 4.69) is 15.3 Å². The molecule has 3 aromatic rings. The number of rotatable bonds is 8. The van der Waals surface area contributed by atoms with Gasteiger partial charge in [0.15, 0.2) is 5.69 Å². The molecule has 1 atom stereocenters. The number of aliphatic carboxylic acids is 1. The fraction of sp³-hybridized carbons (Fsp3) is 0.480. The Morgan fingerprint density at radius 2 is 2.00 bits per heavy atom. The average molecular weight is 519 g/mol. The van der Waals surface area contributed by atoms with Gasteiger partial charge in [-0.2, -0.15) is 13.2 Å². The molecule has 198 valence electrons. The summed E-state index contributed by atoms with van der Waals surface area (Å²) in [6, 6.07) is 6.07. The minimum Gasteiger partial charge on any atom is -0.481 e. The third-order valence-electron chi connectivity index (χ3n) is 6.55. The summed E-state index contributed by atoms with van der Waals surface area (Å²) in [5.41, 5.74) is 0.199. The molecular formula is C25H29F3N6O3. The van der Waals surface area contributed by atoms with Crippen LogP contribution in [0.15, 0.2) is 35.3 Å². The molecule has 12 heteroatoms. The zero-order valence-corrected chi connectivity index (χ0v) is 20.7. The predicted molar refractivity (Wildman–Crippen MR) is 130 cm³/mol. The van der Waals surface area contributed by atoms with Crippen molar-refractivity contribution in [1.29, 1.82) is 0 Å². The van der Waals surface area contributed by atoms with E-state index in [1.54, 1.807) is 24.2 Å². The highest BCUT2D eigenvalue weighted by Crippen LogP contribution is 2.38. The van der Waals surface area contributed by atoms with Crippen molar-refractivity contribution >= 4 is 11.7 Å². The molecule has 0 saturated carbocycles. The summed E-state index contributed by atoms with van der Waals surface area (Å²) in [7, 11) is 1.61. The van der Waals surface area contributed by atoms with E-state index in [0.29, 0.717) is 25.1 Å². The van der Waals surface area contributed by atoms with Crippen LogP contribution in [0.1, 0.15) is 49.6 Å². The van der Waals surface area contributed by atoms with Gasteiger partial charge >= 0.3 is 12.1 Å². The van der Waals surface area contributed by atoms with Gasteiger partial charge in [0.1, 0.15) is 5.69 Å². The molecule has 1 saturated heterocycles. The van der Waals surface area contributed by atoms with E-state index in [1.807, 2.05) is 6.92 Å². The van der Waals surface area contributed by atoms with Gasteiger partial charge in [0.2, 0.25) is 0 Å². The molecule has 1 N–H and O–H groups in total. The largest absolute Gasteiger partial charge is 0.481 e. The van der Waals surface area contributed by atoms with Crippen LogP contribution in [-0.4, -0.2) is 48.7 Å². The van der Waals surface area contributed by atoms with Gasteiger partial charge in [-0.25, -0.2) is 9.67 Å². The second kappa shape index (κ2) is 10.7. The lowest BCUT2D eigenvalue weighted by Crippen LogP contribution is -2.37. The number of aryl methyl sites for hydroxylation is 2. The number of alkyl halides is 3. The number of hydrogen-bond acceptors (Lipinski definition) is 6. The molecule has 0 aromatic carbocycles. The number of halogens is 3. The quantitative estimate of drug-likeness (QED) is 0.484. The lowest BCUT2D eigenvalue weighted by atomic mass is 9.94. The summed E-state index contributed by atoms with van der Waals surface area (Å²) in [6.07, 6.45) is -0.150. The highest BCUT2D eigenvalue weighted by molar-refractivity contribution is 5.67. The lowest BCUT2D eigenvalue weighted by molar-refractivity contribution is -0.141. The van der Waals surface area contributed by atoms with Crippen LogP contribution >= 0.6 is 0 Å². The van der Waals surface area contributed by atoms with Gasteiger partial charge in [-0.1, -0.05) is 24.6 Å². The van der Waals surface area contributed by atoms with Crippen LogP contribution in [0.3, 0.4) is 0 Å². The Morgan fingerprint density at radius 3 is 2.70 bits per heavy atom. The first-order valence-corrected chi connectivity index (χ1v) is 12.2. The van der Waals surface area contributed by atoms with Crippen molar-refractivity contribution in [2.24, 2.45) is 13.0 Å². The normalized spacial score (nSPS) is 16.2. The van der Waals surface area contributed by atoms with Gasteiger partial charge in [-0.05, 0) is 42.9 Å². The van der Waals surface area contributed by atoms with Gasteiger partial charge in [-0.15, -0.1) is 5.10 Å². The number of nitrogens with zero attached hydrogens (tertiary/aromatic N) is 6. The molecule has 9 nitrogen and oxygen atoms in total. The van der Waals surface area contributed by atoms with E-state index in [0.717, 1.165) is 18.4 Å². The number of pyridine rings is 2. The number of carbonyl (C=O) groups is 1. The molecule has 3 aromatic heterocycles. The number of hydrogen-bond donors (Lipinski definition) is 1. The molecule has 0 spiro atoms. The molecule has 0 aliphatic carbocycles. The van der Waals surface area contributed by atoms with Gasteiger partial charge in [0.25, 0.3) is 5.56 Å². The van der Waals surface area contributed by atoms with Crippen molar-refractivity contribution in [3.63, 3.8) is 0 Å². The monoisotopic (exact) mass is 518 g/mol. The molecule has 0 amide bonds. The van der Waals surface area contributed by atoms with Crippen molar-refractivity contribution in [2.75, 3.05) is 18.0 Å². The van der Waals surface area contributed by atoms with Gasteiger partial charge < -0.3 is 14.6 Å². The van der Waals surface area contributed by atoms with Crippen LogP contribution in [-0.2, 0) is 31.0 Å². The Labute approximate surface area is 211 Å². The van der Waals surface area contributed by atoms with Crippen LogP contribution in [0.5, 0.6) is 0 Å². The highest BCUT2D eigenvalue weighted by Gasteiger charge is 2.38. The molecule has 4 rings (SSSR count). The Kier molecular flexibility index (Phi) is 7.65. The number of anilines is 1. The Bertz CT molecular complexity index is 1330. The Hall–Kier alpha value is -3.70. The SMILES string of the molecule is CCCc1ccc(=O)n(Cc2c(-c3ccc(N4CCC[C@H](CC(=O)O)C4)c(C(F)(F)F)n3)nnn2C)c1. The molecule has 0 unspecified atom stereocenters. The fourth-order valence-corrected chi connectivity index (χ4v) is 4.80. The maximum atomic E-state index is 14.2. The van der Waals surface area contributed by atoms with Crippen LogP contribution in [0.2, 0.25) is 0 Å². The van der Waals surface area contributed by atoms with Gasteiger partial charge in [0.05, 0.1) is 23.6 Å². The fourth-order valence-electron chi connectivity index (χ4n) is 4.80. The van der Waals surface area contributed by atoms with E-state index in [-0.39, 0.29) is 48.1 Å². The maximum absolute atomic E-state index is 14.2. The second-order valence-corrected chi connectivity index (χ2v) is 9.38. The molecule has 0 radical (unpaired) electrons. The lowest BCUT2D eigenvalue weighted by Gasteiger charge is -2.35. The molecule has 37 heavy (non-hydrogen) atoms. The minimum absolute atomic E-state index is 0.00367. The van der Waals surface area contributed by atoms with Crippen LogP contribution < -0.4 is 10.5 Å². The van der Waals surface area contributed by atoms with Crippen molar-refractivity contribution in [3.8, 4) is 11.4 Å². The van der Waals surface area contributed by atoms with Crippen molar-refractivity contribution in [1.82, 2.24) is 24.5 Å². The van der Waals surface area contributed by atoms with E-state index in [1.165, 1.54) is 27.4 Å². The maximum Gasteiger partial charge on any atom is 0.435 e. The van der Waals surface area contributed by atoms with Crippen LogP contribution in [0.4, 0.5) is 18.9 Å². The molecule has 1 aliphatic rings. The van der Waals surface area contributed by atoms with Crippen LogP contribution in [0.25, 0.3) is 11.4 Å². The number of carboxylic acids is 1. The van der Waals surface area contributed by atoms with Gasteiger partial charge in [0, 0.05) is 38.8 Å². The summed E-state index contributed by atoms with van der Waals surface area (Å²) in [5.74, 6) is -1.20. The summed E-state index contributed by atoms with van der Waals surface area (Å²) in [6.45, 7) is 2.70. The van der Waals surface area contributed by atoms with Gasteiger partial charge in [-0.3, -0.25) is 9.59 Å². The van der Waals surface area contributed by atoms with Crippen molar-refractivity contribution in [3.05, 3.63) is 57.8 Å². The van der Waals surface area contributed by atoms with E-state index >= 15 is 0 Å². The van der Waals surface area contributed by atoms with Crippen LogP contribution in [0, 0.1) is 5.92 Å². The molecule has 1 fully saturated rings. The molecule has 4 heterocycles. The Morgan fingerprint density at radius 1 is 1.22 bits per heavy atom. The third kappa shape index (κ3) is 6.00. The summed E-state index contributed by atoms with van der Waals surface area (Å²) < 4.78 is 45.4. The first kappa shape index (κ1) is 26.4. The van der Waals surface area contributed by atoms with Crippen molar-refractivity contribution in [2.45, 2.75) is 51.7 Å². The second-order valence-electron chi connectivity index (χ2n) is 9.38. The predicted octanol–water partition coefficient (Wildman–Crippen LogP) is 3.75. The molecular weight excluding hydrogens is 489 g/mol. The van der Waals surface area contributed by atoms with E-state index < -0.39 is 17.8 Å². The first-order valence-electron chi connectivity index (χ1n) is 12.2. The third-order valence-corrected chi connectivity index (χ3v) is 6.55. The smallest absolute Gasteiger partial charge is 0.435 e. The summed E-state index contributed by atoms with van der Waals surface area (Å²) in [4.78, 5) is 29.1. The highest BCUT2D eigenvalue weighted by atomic mass is 19.4. The summed E-state index contributed by atoms with van der Waals surface area (Å²) >= 11 is 0. The number of piperidine rings is 1. The standard InChI is InChI=1S/C25H29F3N6O3/c1-3-5-16-7-10-21(35)34(13-16)15-20-23(30-31-32(20)2)18-8-9-19(24(29-18)25(26,27)28)33-11-4-6-17(14-33)12-22(36)37/h7-10,13,17H,3-6,11-12,14-15H2,1-2H3,(H,36,37)/t17-/m1/s1. The number of aromatic nitrogens is 5. The minimum atomic E-state index is -4.74. The first-order chi connectivity index (χ1) is 17.6. The zero-order valence-electron chi connectivity index (χ0n) is 20.7. The van der Waals surface area contributed by atoms with E-state index in [4.69, 9.17) is 5.11 Å². The molecule has 0 bridgehead atoms. The Balaban J connectivity index is 1.70. The summed E-state index contributed by atoms with van der Waals surface area (Å²) in [5, 5.41) is 17.2. The zero-order chi connectivity index (χ0) is 26.7. The topological polar surface area (TPSA) is 106 Å². The average Bonchev–Trinajstić information content (AvgIpc) is 3.20. The molecule has 1 aliphatic heterocycles. The number of carboxylic acid groups (broad SMARTS) is 1. The van der Waals surface area contributed by atoms with E-state index in [9.17, 15) is 22.8 Å². The van der Waals surface area contributed by atoms with Crippen molar-refractivity contribution < 1.29 is 23.1 Å².